The van der Waals surface area contributed by atoms with Crippen molar-refractivity contribution in [3.63, 3.8) is 0 Å². The Morgan fingerprint density at radius 3 is 2.24 bits per heavy atom. The lowest BCUT2D eigenvalue weighted by atomic mass is 10.0. The third kappa shape index (κ3) is 7.09. The second-order valence-electron chi connectivity index (χ2n) is 10.7. The van der Waals surface area contributed by atoms with Crippen molar-refractivity contribution in [1.82, 2.24) is 9.88 Å². The molecule has 13 heteroatoms. The fourth-order valence-electron chi connectivity index (χ4n) is 4.85. The Morgan fingerprint density at radius 2 is 1.61 bits per heavy atom. The summed E-state index contributed by atoms with van der Waals surface area (Å²) in [6.07, 6.45) is 2.72. The fourth-order valence-corrected chi connectivity index (χ4v) is 4.85. The van der Waals surface area contributed by atoms with Gasteiger partial charge in [0.25, 0.3) is 0 Å². The van der Waals surface area contributed by atoms with Crippen molar-refractivity contribution in [2.75, 3.05) is 37.4 Å². The molecule has 0 saturated heterocycles. The summed E-state index contributed by atoms with van der Waals surface area (Å²) in [7, 11) is 1.49. The van der Waals surface area contributed by atoms with Crippen molar-refractivity contribution in [1.29, 1.82) is 0 Å². The molecule has 46 heavy (non-hydrogen) atoms. The molecular weight excluding hydrogens is 600 g/mol. The zero-order valence-corrected chi connectivity index (χ0v) is 25.3. The van der Waals surface area contributed by atoms with E-state index in [0.717, 1.165) is 6.07 Å². The van der Waals surface area contributed by atoms with E-state index in [1.54, 1.807) is 18.2 Å². The minimum absolute atomic E-state index is 0.102. The van der Waals surface area contributed by atoms with Crippen molar-refractivity contribution in [3.05, 3.63) is 78.5 Å². The average molecular weight is 634 g/mol. The van der Waals surface area contributed by atoms with Gasteiger partial charge in [-0.2, -0.15) is 0 Å². The molecule has 1 aliphatic carbocycles. The van der Waals surface area contributed by atoms with Crippen LogP contribution in [0.3, 0.4) is 0 Å². The summed E-state index contributed by atoms with van der Waals surface area (Å²) < 4.78 is 45.7. The molecule has 4 aromatic rings. The number of rotatable bonds is 13. The van der Waals surface area contributed by atoms with Gasteiger partial charge in [-0.25, -0.2) is 13.6 Å². The van der Waals surface area contributed by atoms with Gasteiger partial charge in [0.05, 0.1) is 19.2 Å². The van der Waals surface area contributed by atoms with Gasteiger partial charge in [-0.3, -0.25) is 14.6 Å². The van der Waals surface area contributed by atoms with Gasteiger partial charge in [-0.05, 0) is 74.7 Å². The number of amides is 4. The highest BCUT2D eigenvalue weighted by atomic mass is 19.1. The minimum atomic E-state index is -1.29. The number of methoxy groups -OCH3 is 1. The molecule has 0 aliphatic heterocycles. The zero-order valence-electron chi connectivity index (χ0n) is 25.3. The van der Waals surface area contributed by atoms with E-state index >= 15 is 4.39 Å². The number of halogens is 2. The maximum absolute atomic E-state index is 15.2. The summed E-state index contributed by atoms with van der Waals surface area (Å²) in [6.45, 7) is 3.08. The van der Waals surface area contributed by atoms with Gasteiger partial charge in [-0.1, -0.05) is 0 Å². The first kappa shape index (κ1) is 31.9. The van der Waals surface area contributed by atoms with Crippen LogP contribution in [0.4, 0.5) is 25.0 Å². The number of carbonyl (C=O) groups is 3. The topological polar surface area (TPSA) is 145 Å². The highest BCUT2D eigenvalue weighted by Crippen LogP contribution is 2.47. The number of pyridine rings is 1. The number of hydrogen-bond acceptors (Lipinski definition) is 7. The van der Waals surface area contributed by atoms with Crippen LogP contribution in [0.15, 0.2) is 66.9 Å². The van der Waals surface area contributed by atoms with Crippen LogP contribution in [-0.4, -0.2) is 54.5 Å². The second-order valence-corrected chi connectivity index (χ2v) is 10.7. The number of nitrogens with zero attached hydrogens (tertiary/aromatic N) is 2. The Hall–Kier alpha value is -5.46. The van der Waals surface area contributed by atoms with E-state index < -0.39 is 34.9 Å². The normalized spacial score (nSPS) is 13.0. The van der Waals surface area contributed by atoms with Crippen molar-refractivity contribution in [3.8, 4) is 23.0 Å². The standard InChI is InChI=1S/C33H33F2N5O6/c1-3-40(32(36)43)15-4-16-45-29-19-25-23(18-28(29)44-2)26(11-14-37-25)46-27-10-9-22(17-24(27)35)39-31(42)33(12-13-33)30(41)38-21-7-5-20(34)6-8-21/h5-11,14,17-19H,3-4,12-13,15-16H2,1-2H3,(H2,36,43)(H,38,41)(H,39,42). The lowest BCUT2D eigenvalue weighted by Gasteiger charge is -2.18. The number of aromatic nitrogens is 1. The predicted molar refractivity (Wildman–Crippen MR) is 167 cm³/mol. The Labute approximate surface area is 263 Å². The van der Waals surface area contributed by atoms with Gasteiger partial charge in [0.1, 0.15) is 17.0 Å². The minimum Gasteiger partial charge on any atom is -0.493 e. The van der Waals surface area contributed by atoms with Crippen molar-refractivity contribution < 1.29 is 37.4 Å². The second kappa shape index (κ2) is 13.7. The number of fused-ring (bicyclic) bond motifs is 1. The molecule has 1 heterocycles. The lowest BCUT2D eigenvalue weighted by Crippen LogP contribution is -2.36. The van der Waals surface area contributed by atoms with Gasteiger partial charge in [0.15, 0.2) is 23.1 Å². The number of benzene rings is 3. The highest BCUT2D eigenvalue weighted by Gasteiger charge is 2.56. The molecule has 0 atom stereocenters. The lowest BCUT2D eigenvalue weighted by molar-refractivity contribution is -0.131. The van der Waals surface area contributed by atoms with E-state index in [4.69, 9.17) is 19.9 Å². The zero-order chi connectivity index (χ0) is 32.8. The predicted octanol–water partition coefficient (Wildman–Crippen LogP) is 5.84. The number of urea groups is 1. The van der Waals surface area contributed by atoms with Crippen LogP contribution in [0.5, 0.6) is 23.0 Å². The van der Waals surface area contributed by atoms with E-state index in [-0.39, 0.29) is 11.4 Å². The molecule has 5 rings (SSSR count). The number of anilines is 2. The van der Waals surface area contributed by atoms with Crippen LogP contribution >= 0.6 is 0 Å². The van der Waals surface area contributed by atoms with Crippen molar-refractivity contribution in [2.45, 2.75) is 26.2 Å². The molecular formula is C33H33F2N5O6. The monoisotopic (exact) mass is 633 g/mol. The van der Waals surface area contributed by atoms with E-state index in [2.05, 4.69) is 15.6 Å². The first-order valence-electron chi connectivity index (χ1n) is 14.6. The van der Waals surface area contributed by atoms with Crippen LogP contribution in [0, 0.1) is 17.0 Å². The Balaban J connectivity index is 1.25. The van der Waals surface area contributed by atoms with Crippen LogP contribution in [0.25, 0.3) is 10.9 Å². The van der Waals surface area contributed by atoms with Gasteiger partial charge in [0, 0.05) is 48.2 Å². The van der Waals surface area contributed by atoms with Crippen LogP contribution < -0.4 is 30.6 Å². The van der Waals surface area contributed by atoms with Crippen LogP contribution in [0.2, 0.25) is 0 Å². The molecule has 240 valence electrons. The van der Waals surface area contributed by atoms with Crippen LogP contribution in [0.1, 0.15) is 26.2 Å². The molecule has 11 nitrogen and oxygen atoms in total. The van der Waals surface area contributed by atoms with E-state index in [0.29, 0.717) is 72.8 Å². The summed E-state index contributed by atoms with van der Waals surface area (Å²) >= 11 is 0. The average Bonchev–Trinajstić information content (AvgIpc) is 3.85. The maximum atomic E-state index is 15.2. The Morgan fingerprint density at radius 1 is 0.913 bits per heavy atom. The van der Waals surface area contributed by atoms with Gasteiger partial charge in [0.2, 0.25) is 11.8 Å². The molecule has 1 saturated carbocycles. The summed E-state index contributed by atoms with van der Waals surface area (Å²) in [6, 6.07) is 13.6. The number of primary amides is 1. The quantitative estimate of drug-likeness (QED) is 0.124. The Kier molecular flexibility index (Phi) is 9.50. The molecule has 1 aliphatic rings. The summed E-state index contributed by atoms with van der Waals surface area (Å²) in [5, 5.41) is 5.79. The van der Waals surface area contributed by atoms with E-state index in [1.807, 2.05) is 6.92 Å². The Bertz CT molecular complexity index is 1760. The van der Waals surface area contributed by atoms with Gasteiger partial charge >= 0.3 is 6.03 Å². The summed E-state index contributed by atoms with van der Waals surface area (Å²) in [5.74, 6) is -1.23. The van der Waals surface area contributed by atoms with Gasteiger partial charge in [-0.15, -0.1) is 0 Å². The fraction of sp³-hybridized carbons (Fsp3) is 0.273. The smallest absolute Gasteiger partial charge is 0.314 e. The van der Waals surface area contributed by atoms with Crippen LogP contribution in [-0.2, 0) is 9.59 Å². The molecule has 0 unspecified atom stereocenters. The SMILES string of the molecule is CCN(CCCOc1cc2nccc(Oc3ccc(NC(=O)C4(C(=O)Nc5ccc(F)cc5)CC4)cc3F)c2cc1OC)C(N)=O. The molecule has 4 amide bonds. The molecule has 1 aromatic heterocycles. The third-order valence-corrected chi connectivity index (χ3v) is 7.64. The van der Waals surface area contributed by atoms with E-state index in [9.17, 15) is 18.8 Å². The number of ether oxygens (including phenoxy) is 3. The van der Waals surface area contributed by atoms with Crippen molar-refractivity contribution >= 4 is 40.1 Å². The molecule has 0 spiro atoms. The molecule has 4 N–H and O–H groups in total. The highest BCUT2D eigenvalue weighted by molar-refractivity contribution is 6.16. The molecule has 0 radical (unpaired) electrons. The first-order valence-corrected chi connectivity index (χ1v) is 14.6. The largest absolute Gasteiger partial charge is 0.493 e. The first-order chi connectivity index (χ1) is 22.1. The summed E-state index contributed by atoms with van der Waals surface area (Å²) in [5.41, 5.74) is 5.08. The number of carbonyl (C=O) groups excluding carboxylic acids is 3. The number of nitrogens with two attached hydrogens (primary N) is 1. The molecule has 3 aromatic carbocycles. The summed E-state index contributed by atoms with van der Waals surface area (Å²) in [4.78, 5) is 43.2. The van der Waals surface area contributed by atoms with Crippen molar-refractivity contribution in [2.24, 2.45) is 11.1 Å². The van der Waals surface area contributed by atoms with Gasteiger partial charge < -0.3 is 35.5 Å². The number of hydrogen-bond donors (Lipinski definition) is 3. The number of nitrogens with one attached hydrogen (secondary N) is 2. The molecule has 0 bridgehead atoms. The van der Waals surface area contributed by atoms with E-state index in [1.165, 1.54) is 54.6 Å². The molecule has 1 fully saturated rings. The maximum Gasteiger partial charge on any atom is 0.314 e. The third-order valence-electron chi connectivity index (χ3n) is 7.64.